The minimum atomic E-state index is 0.679. The first-order chi connectivity index (χ1) is 6.81. The fourth-order valence-corrected chi connectivity index (χ4v) is 1.49. The minimum Gasteiger partial charge on any atom is -0.303 e. The fraction of sp³-hybridized carbons (Fsp3) is 0.769. The molecule has 14 heavy (non-hydrogen) atoms. The van der Waals surface area contributed by atoms with Crippen LogP contribution in [0.25, 0.3) is 0 Å². The Hall–Kier alpha value is -0.590. The van der Waals surface area contributed by atoms with Crippen molar-refractivity contribution in [3.63, 3.8) is 0 Å². The minimum absolute atomic E-state index is 0.679. The van der Waals surface area contributed by atoms with E-state index in [1.54, 1.807) is 0 Å². The van der Waals surface area contributed by atoms with Crippen LogP contribution in [0, 0.1) is 0 Å². The van der Waals surface area contributed by atoms with Crippen LogP contribution in [0.2, 0.25) is 0 Å². The summed E-state index contributed by atoms with van der Waals surface area (Å²) in [6.45, 7) is 4.36. The van der Waals surface area contributed by atoms with E-state index in [-0.39, 0.29) is 0 Å². The summed E-state index contributed by atoms with van der Waals surface area (Å²) in [6.07, 6.45) is 12.8. The Bertz CT molecular complexity index is 159. The number of hydrogen-bond acceptors (Lipinski definition) is 1. The molecule has 0 spiro atoms. The Kier molecular flexibility index (Phi) is 10.0. The Morgan fingerprint density at radius 2 is 1.79 bits per heavy atom. The smallest absolute Gasteiger partial charge is 0.120 e. The quantitative estimate of drug-likeness (QED) is 0.306. The normalized spacial score (nSPS) is 11.7. The molecule has 0 aromatic heterocycles. The molecule has 0 saturated carbocycles. The molecule has 1 heteroatoms. The molecule has 0 aliphatic rings. The van der Waals surface area contributed by atoms with E-state index in [1.807, 2.05) is 0 Å². The van der Waals surface area contributed by atoms with Crippen LogP contribution in [-0.2, 0) is 4.79 Å². The van der Waals surface area contributed by atoms with E-state index in [2.05, 4.69) is 19.9 Å². The topological polar surface area (TPSA) is 17.1 Å². The molecule has 0 N–H and O–H groups in total. The molecule has 0 rings (SSSR count). The largest absolute Gasteiger partial charge is 0.303 e. The standard InChI is InChI=1S/C13H24O/c1-3-4-5-6-7-8-10-13(2)11-9-12-14/h10,12H,3-9,11H2,1-2H3/b13-10-. The van der Waals surface area contributed by atoms with E-state index in [0.29, 0.717) is 6.42 Å². The van der Waals surface area contributed by atoms with Gasteiger partial charge < -0.3 is 4.79 Å². The summed E-state index contributed by atoms with van der Waals surface area (Å²) in [5.41, 5.74) is 1.37. The van der Waals surface area contributed by atoms with Gasteiger partial charge in [0.25, 0.3) is 0 Å². The second-order valence-corrected chi connectivity index (χ2v) is 3.96. The van der Waals surface area contributed by atoms with Crippen molar-refractivity contribution >= 4 is 6.29 Å². The highest BCUT2D eigenvalue weighted by Gasteiger charge is 1.90. The van der Waals surface area contributed by atoms with Crippen molar-refractivity contribution in [2.24, 2.45) is 0 Å². The molecule has 0 radical (unpaired) electrons. The van der Waals surface area contributed by atoms with Gasteiger partial charge in [-0.25, -0.2) is 0 Å². The van der Waals surface area contributed by atoms with Gasteiger partial charge in [-0.15, -0.1) is 0 Å². The van der Waals surface area contributed by atoms with Crippen LogP contribution in [0.15, 0.2) is 11.6 Å². The maximum atomic E-state index is 10.1. The molecule has 0 fully saturated rings. The van der Waals surface area contributed by atoms with E-state index in [0.717, 1.165) is 12.7 Å². The number of aldehydes is 1. The van der Waals surface area contributed by atoms with Gasteiger partial charge in [0.2, 0.25) is 0 Å². The highest BCUT2D eigenvalue weighted by Crippen LogP contribution is 2.09. The summed E-state index contributed by atoms with van der Waals surface area (Å²) in [5, 5.41) is 0. The lowest BCUT2D eigenvalue weighted by Gasteiger charge is -1.99. The Morgan fingerprint density at radius 1 is 1.07 bits per heavy atom. The fourth-order valence-electron chi connectivity index (χ4n) is 1.49. The highest BCUT2D eigenvalue weighted by molar-refractivity contribution is 5.49. The van der Waals surface area contributed by atoms with E-state index in [9.17, 15) is 4.79 Å². The molecule has 0 unspecified atom stereocenters. The van der Waals surface area contributed by atoms with Gasteiger partial charge in [-0.2, -0.15) is 0 Å². The van der Waals surface area contributed by atoms with Gasteiger partial charge in [0.1, 0.15) is 6.29 Å². The van der Waals surface area contributed by atoms with Crippen LogP contribution < -0.4 is 0 Å². The Labute approximate surface area is 88.6 Å². The number of carbonyl (C=O) groups is 1. The van der Waals surface area contributed by atoms with Crippen molar-refractivity contribution in [2.45, 2.75) is 65.2 Å². The van der Waals surface area contributed by atoms with Gasteiger partial charge in [0, 0.05) is 6.42 Å². The monoisotopic (exact) mass is 196 g/mol. The lowest BCUT2D eigenvalue weighted by atomic mass is 10.1. The number of rotatable bonds is 9. The molecule has 0 aliphatic carbocycles. The summed E-state index contributed by atoms with van der Waals surface area (Å²) >= 11 is 0. The van der Waals surface area contributed by atoms with Gasteiger partial charge in [-0.3, -0.25) is 0 Å². The molecule has 0 aliphatic heterocycles. The third-order valence-electron chi connectivity index (χ3n) is 2.46. The number of carbonyl (C=O) groups excluding carboxylic acids is 1. The third-order valence-corrected chi connectivity index (χ3v) is 2.46. The van der Waals surface area contributed by atoms with Crippen molar-refractivity contribution in [1.29, 1.82) is 0 Å². The molecule has 1 nitrogen and oxygen atoms in total. The molecular formula is C13H24O. The molecule has 0 atom stereocenters. The summed E-state index contributed by atoms with van der Waals surface area (Å²) in [5.74, 6) is 0. The number of unbranched alkanes of at least 4 members (excludes halogenated alkanes) is 5. The van der Waals surface area contributed by atoms with Gasteiger partial charge in [0.15, 0.2) is 0 Å². The third kappa shape index (κ3) is 9.50. The lowest BCUT2D eigenvalue weighted by Crippen LogP contribution is -1.81. The van der Waals surface area contributed by atoms with Crippen LogP contribution in [0.1, 0.15) is 65.2 Å². The molecule has 0 aromatic carbocycles. The first kappa shape index (κ1) is 13.4. The molecule has 0 saturated heterocycles. The maximum Gasteiger partial charge on any atom is 0.120 e. The van der Waals surface area contributed by atoms with E-state index < -0.39 is 0 Å². The first-order valence-corrected chi connectivity index (χ1v) is 5.90. The van der Waals surface area contributed by atoms with Crippen molar-refractivity contribution in [3.05, 3.63) is 11.6 Å². The average Bonchev–Trinajstić information content (AvgIpc) is 2.20. The summed E-state index contributed by atoms with van der Waals surface area (Å²) < 4.78 is 0. The molecule has 0 heterocycles. The van der Waals surface area contributed by atoms with E-state index in [1.165, 1.54) is 44.1 Å². The lowest BCUT2D eigenvalue weighted by molar-refractivity contribution is -0.107. The zero-order valence-corrected chi connectivity index (χ0v) is 9.72. The summed E-state index contributed by atoms with van der Waals surface area (Å²) in [4.78, 5) is 10.1. The van der Waals surface area contributed by atoms with Crippen LogP contribution in [0.3, 0.4) is 0 Å². The highest BCUT2D eigenvalue weighted by atomic mass is 16.1. The van der Waals surface area contributed by atoms with Crippen LogP contribution in [0.4, 0.5) is 0 Å². The first-order valence-electron chi connectivity index (χ1n) is 5.90. The second kappa shape index (κ2) is 10.5. The molecular weight excluding hydrogens is 172 g/mol. The van der Waals surface area contributed by atoms with Crippen molar-refractivity contribution in [3.8, 4) is 0 Å². The molecule has 0 bridgehead atoms. The van der Waals surface area contributed by atoms with Gasteiger partial charge in [-0.05, 0) is 26.2 Å². The summed E-state index contributed by atoms with van der Waals surface area (Å²) in [7, 11) is 0. The van der Waals surface area contributed by atoms with Gasteiger partial charge >= 0.3 is 0 Å². The zero-order chi connectivity index (χ0) is 10.6. The van der Waals surface area contributed by atoms with Crippen molar-refractivity contribution in [2.75, 3.05) is 0 Å². The average molecular weight is 196 g/mol. The van der Waals surface area contributed by atoms with Crippen LogP contribution in [-0.4, -0.2) is 6.29 Å². The van der Waals surface area contributed by atoms with Crippen LogP contribution in [0.5, 0.6) is 0 Å². The van der Waals surface area contributed by atoms with Crippen molar-refractivity contribution < 1.29 is 4.79 Å². The predicted molar refractivity (Wildman–Crippen MR) is 62.4 cm³/mol. The molecule has 82 valence electrons. The van der Waals surface area contributed by atoms with Crippen molar-refractivity contribution in [1.82, 2.24) is 0 Å². The maximum absolute atomic E-state index is 10.1. The number of allylic oxidation sites excluding steroid dienone is 2. The molecule has 0 aromatic rings. The van der Waals surface area contributed by atoms with E-state index in [4.69, 9.17) is 0 Å². The second-order valence-electron chi connectivity index (χ2n) is 3.96. The number of hydrogen-bond donors (Lipinski definition) is 0. The van der Waals surface area contributed by atoms with Crippen LogP contribution >= 0.6 is 0 Å². The SMILES string of the molecule is CCCCCCC/C=C(/C)CCC=O. The van der Waals surface area contributed by atoms with E-state index >= 15 is 0 Å². The Balaban J connectivity index is 3.27. The predicted octanol–water partition coefficient (Wildman–Crippen LogP) is 4.27. The molecule has 0 amide bonds. The zero-order valence-electron chi connectivity index (χ0n) is 9.72. The van der Waals surface area contributed by atoms with Gasteiger partial charge in [0.05, 0.1) is 0 Å². The Morgan fingerprint density at radius 3 is 2.43 bits per heavy atom. The summed E-state index contributed by atoms with van der Waals surface area (Å²) in [6, 6.07) is 0. The van der Waals surface area contributed by atoms with Gasteiger partial charge in [-0.1, -0.05) is 44.3 Å².